The number of pyridine rings is 1. The Morgan fingerprint density at radius 2 is 1.96 bits per heavy atom. The monoisotopic (exact) mass is 368 g/mol. The van der Waals surface area contributed by atoms with Gasteiger partial charge in [0.1, 0.15) is 0 Å². The molecule has 0 saturated carbocycles. The number of carbonyl (C=O) groups is 2. The van der Waals surface area contributed by atoms with Crippen LogP contribution in [0.15, 0.2) is 53.9 Å². The lowest BCUT2D eigenvalue weighted by Crippen LogP contribution is -2.16. The summed E-state index contributed by atoms with van der Waals surface area (Å²) >= 11 is 1.18. The van der Waals surface area contributed by atoms with Gasteiger partial charge in [0.15, 0.2) is 11.6 Å². The van der Waals surface area contributed by atoms with Gasteiger partial charge in [-0.25, -0.2) is 4.68 Å². The van der Waals surface area contributed by atoms with Gasteiger partial charge >= 0.3 is 0 Å². The van der Waals surface area contributed by atoms with Gasteiger partial charge in [0.2, 0.25) is 11.1 Å². The number of anilines is 1. The van der Waals surface area contributed by atoms with Crippen molar-refractivity contribution in [1.29, 1.82) is 0 Å². The van der Waals surface area contributed by atoms with Crippen LogP contribution in [0.25, 0.3) is 11.4 Å². The minimum atomic E-state index is -0.212. The van der Waals surface area contributed by atoms with E-state index in [2.05, 4.69) is 20.5 Å². The molecule has 0 saturated heterocycles. The summed E-state index contributed by atoms with van der Waals surface area (Å²) in [6, 6.07) is 10.3. The number of hydrogen-bond acceptors (Lipinski definition) is 7. The van der Waals surface area contributed by atoms with Crippen LogP contribution in [0, 0.1) is 0 Å². The number of ketones is 1. The van der Waals surface area contributed by atoms with E-state index in [1.54, 1.807) is 42.7 Å². The van der Waals surface area contributed by atoms with Gasteiger partial charge in [0, 0.05) is 29.2 Å². The van der Waals surface area contributed by atoms with Gasteiger partial charge < -0.3 is 11.2 Å². The maximum atomic E-state index is 12.1. The van der Waals surface area contributed by atoms with Crippen molar-refractivity contribution in [3.8, 4) is 11.4 Å². The van der Waals surface area contributed by atoms with E-state index in [9.17, 15) is 9.59 Å². The van der Waals surface area contributed by atoms with E-state index in [-0.39, 0.29) is 17.4 Å². The van der Waals surface area contributed by atoms with E-state index in [4.69, 9.17) is 5.84 Å². The molecule has 9 heteroatoms. The quantitative estimate of drug-likeness (QED) is 0.388. The zero-order chi connectivity index (χ0) is 18.5. The van der Waals surface area contributed by atoms with E-state index in [0.717, 1.165) is 5.56 Å². The fourth-order valence-corrected chi connectivity index (χ4v) is 2.84. The molecule has 1 amide bonds. The first-order valence-electron chi connectivity index (χ1n) is 7.69. The van der Waals surface area contributed by atoms with Gasteiger partial charge in [0.25, 0.3) is 0 Å². The highest BCUT2D eigenvalue weighted by Crippen LogP contribution is 2.21. The highest BCUT2D eigenvalue weighted by molar-refractivity contribution is 7.99. The zero-order valence-corrected chi connectivity index (χ0v) is 14.7. The van der Waals surface area contributed by atoms with Crippen molar-refractivity contribution in [2.45, 2.75) is 12.1 Å². The van der Waals surface area contributed by atoms with Crippen molar-refractivity contribution in [3.63, 3.8) is 0 Å². The van der Waals surface area contributed by atoms with Gasteiger partial charge in [-0.3, -0.25) is 14.6 Å². The number of aromatic nitrogens is 4. The first-order chi connectivity index (χ1) is 12.5. The zero-order valence-electron chi connectivity index (χ0n) is 13.9. The summed E-state index contributed by atoms with van der Waals surface area (Å²) in [6.07, 6.45) is 3.29. The predicted octanol–water partition coefficient (Wildman–Crippen LogP) is 1.99. The minimum Gasteiger partial charge on any atom is -0.335 e. The van der Waals surface area contributed by atoms with E-state index in [1.165, 1.54) is 23.4 Å². The summed E-state index contributed by atoms with van der Waals surface area (Å²) in [5.41, 5.74) is 1.95. The Bertz CT molecular complexity index is 924. The molecule has 0 aliphatic carbocycles. The maximum absolute atomic E-state index is 12.1. The first kappa shape index (κ1) is 17.6. The van der Waals surface area contributed by atoms with Crippen molar-refractivity contribution < 1.29 is 9.59 Å². The summed E-state index contributed by atoms with van der Waals surface area (Å²) in [5.74, 6) is 6.36. The summed E-state index contributed by atoms with van der Waals surface area (Å²) in [7, 11) is 0. The molecule has 8 nitrogen and oxygen atoms in total. The molecule has 1 aromatic carbocycles. The summed E-state index contributed by atoms with van der Waals surface area (Å²) < 4.78 is 1.33. The molecule has 2 heterocycles. The van der Waals surface area contributed by atoms with Gasteiger partial charge in [-0.05, 0) is 43.3 Å². The Kier molecular flexibility index (Phi) is 5.28. The number of hydrogen-bond donors (Lipinski definition) is 2. The molecule has 0 aliphatic rings. The number of nitrogens with zero attached hydrogens (tertiary/aromatic N) is 4. The lowest BCUT2D eigenvalue weighted by Gasteiger charge is -2.06. The number of nitrogen functional groups attached to an aromatic ring is 1. The molecule has 26 heavy (non-hydrogen) atoms. The number of rotatable bonds is 6. The summed E-state index contributed by atoms with van der Waals surface area (Å²) in [6.45, 7) is 1.49. The third kappa shape index (κ3) is 4.06. The Morgan fingerprint density at radius 3 is 2.62 bits per heavy atom. The number of benzene rings is 1. The number of thioether (sulfide) groups is 1. The standard InChI is InChI=1S/C17H16N6O2S/c1-11(24)12-4-6-14(7-5-12)20-15(25)10-26-17-22-21-16(23(17)18)13-3-2-8-19-9-13/h2-9H,10,18H2,1H3,(H,20,25). The summed E-state index contributed by atoms with van der Waals surface area (Å²) in [5, 5.41) is 11.2. The van der Waals surface area contributed by atoms with Crippen LogP contribution in [0.2, 0.25) is 0 Å². The lowest BCUT2D eigenvalue weighted by molar-refractivity contribution is -0.113. The van der Waals surface area contributed by atoms with Crippen LogP contribution in [-0.2, 0) is 4.79 Å². The Balaban J connectivity index is 1.60. The lowest BCUT2D eigenvalue weighted by atomic mass is 10.1. The fourth-order valence-electron chi connectivity index (χ4n) is 2.18. The number of carbonyl (C=O) groups excluding carboxylic acids is 2. The first-order valence-corrected chi connectivity index (χ1v) is 8.67. The van der Waals surface area contributed by atoms with Crippen molar-refractivity contribution in [2.24, 2.45) is 0 Å². The topological polar surface area (TPSA) is 116 Å². The van der Waals surface area contributed by atoms with Crippen LogP contribution in [0.1, 0.15) is 17.3 Å². The molecule has 2 aromatic heterocycles. The van der Waals surface area contributed by atoms with Crippen LogP contribution in [0.4, 0.5) is 5.69 Å². The molecule has 3 aromatic rings. The van der Waals surface area contributed by atoms with Crippen molar-refractivity contribution in [2.75, 3.05) is 16.9 Å². The predicted molar refractivity (Wildman–Crippen MR) is 99.2 cm³/mol. The molecule has 0 spiro atoms. The van der Waals surface area contributed by atoms with Crippen LogP contribution >= 0.6 is 11.8 Å². The van der Waals surface area contributed by atoms with E-state index in [1.807, 2.05) is 6.07 Å². The third-order valence-electron chi connectivity index (χ3n) is 3.49. The molecule has 0 atom stereocenters. The van der Waals surface area contributed by atoms with Gasteiger partial charge in [-0.15, -0.1) is 10.2 Å². The van der Waals surface area contributed by atoms with E-state index in [0.29, 0.717) is 22.2 Å². The molecule has 3 rings (SSSR count). The van der Waals surface area contributed by atoms with E-state index < -0.39 is 0 Å². The largest absolute Gasteiger partial charge is 0.335 e. The molecule has 3 N–H and O–H groups in total. The van der Waals surface area contributed by atoms with E-state index >= 15 is 0 Å². The van der Waals surface area contributed by atoms with Crippen LogP contribution < -0.4 is 11.2 Å². The van der Waals surface area contributed by atoms with Crippen LogP contribution in [-0.4, -0.2) is 37.3 Å². The van der Waals surface area contributed by atoms with Gasteiger partial charge in [-0.2, -0.15) is 0 Å². The second-order valence-electron chi connectivity index (χ2n) is 5.39. The Hall–Kier alpha value is -3.20. The normalized spacial score (nSPS) is 10.5. The number of Topliss-reactive ketones (excluding diaryl/α,β-unsaturated/α-hetero) is 1. The maximum Gasteiger partial charge on any atom is 0.234 e. The number of amides is 1. The van der Waals surface area contributed by atoms with Crippen LogP contribution in [0.5, 0.6) is 0 Å². The average Bonchev–Trinajstić information content (AvgIpc) is 3.02. The smallest absolute Gasteiger partial charge is 0.234 e. The molecule has 132 valence electrons. The number of nitrogens with one attached hydrogen (secondary N) is 1. The average molecular weight is 368 g/mol. The Labute approximate surface area is 153 Å². The van der Waals surface area contributed by atoms with Gasteiger partial charge in [0.05, 0.1) is 5.75 Å². The molecule has 0 fully saturated rings. The molecule has 0 bridgehead atoms. The molecule has 0 unspecified atom stereocenters. The van der Waals surface area contributed by atoms with Crippen molar-refractivity contribution >= 4 is 29.1 Å². The summed E-state index contributed by atoms with van der Waals surface area (Å²) in [4.78, 5) is 27.4. The second-order valence-corrected chi connectivity index (χ2v) is 6.33. The molecular weight excluding hydrogens is 352 g/mol. The molecular formula is C17H16N6O2S. The van der Waals surface area contributed by atoms with Crippen molar-refractivity contribution in [1.82, 2.24) is 19.9 Å². The highest BCUT2D eigenvalue weighted by atomic mass is 32.2. The number of nitrogens with two attached hydrogens (primary N) is 1. The SMILES string of the molecule is CC(=O)c1ccc(NC(=O)CSc2nnc(-c3cccnc3)n2N)cc1. The van der Waals surface area contributed by atoms with Gasteiger partial charge in [-0.1, -0.05) is 11.8 Å². The molecule has 0 radical (unpaired) electrons. The fraction of sp³-hybridized carbons (Fsp3) is 0.118. The Morgan fingerprint density at radius 1 is 1.19 bits per heavy atom. The minimum absolute atomic E-state index is 0.0230. The molecule has 0 aliphatic heterocycles. The van der Waals surface area contributed by atoms with Crippen molar-refractivity contribution in [3.05, 3.63) is 54.4 Å². The second kappa shape index (κ2) is 7.79. The highest BCUT2D eigenvalue weighted by Gasteiger charge is 2.14. The van der Waals surface area contributed by atoms with Crippen LogP contribution in [0.3, 0.4) is 0 Å². The third-order valence-corrected chi connectivity index (χ3v) is 4.43.